The number of anilines is 1. The third-order valence-corrected chi connectivity index (χ3v) is 5.93. The Morgan fingerprint density at radius 2 is 1.67 bits per heavy atom. The summed E-state index contributed by atoms with van der Waals surface area (Å²) in [6.45, 7) is 1.71. The molecule has 0 bridgehead atoms. The Balaban J connectivity index is 1.50. The fraction of sp³-hybridized carbons (Fsp3) is 0.160. The number of benzene rings is 3. The Morgan fingerprint density at radius 1 is 1.00 bits per heavy atom. The van der Waals surface area contributed by atoms with Crippen LogP contribution in [-0.4, -0.2) is 26.4 Å². The van der Waals surface area contributed by atoms with Gasteiger partial charge in [-0.2, -0.15) is 13.2 Å². The number of nitrogens with zero attached hydrogens (tertiary/aromatic N) is 3. The van der Waals surface area contributed by atoms with Gasteiger partial charge in [-0.1, -0.05) is 42.1 Å². The van der Waals surface area contributed by atoms with E-state index in [0.29, 0.717) is 16.7 Å². The van der Waals surface area contributed by atoms with Crippen molar-refractivity contribution >= 4 is 23.4 Å². The predicted molar refractivity (Wildman–Crippen MR) is 128 cm³/mol. The van der Waals surface area contributed by atoms with Gasteiger partial charge in [-0.25, -0.2) is 4.39 Å². The van der Waals surface area contributed by atoms with Crippen LogP contribution in [0.2, 0.25) is 0 Å². The number of nitrogens with one attached hydrogen (secondary N) is 1. The van der Waals surface area contributed by atoms with E-state index in [-0.39, 0.29) is 17.2 Å². The lowest BCUT2D eigenvalue weighted by Gasteiger charge is -2.17. The SMILES string of the molecule is CC(Oc1ccccc1F)c1nnc(SCC(=O)Nc2ccc(C(F)(F)F)cc2)n1-c1ccccc1. The van der Waals surface area contributed by atoms with E-state index in [0.717, 1.165) is 23.9 Å². The van der Waals surface area contributed by atoms with E-state index in [1.165, 1.54) is 24.3 Å². The van der Waals surface area contributed by atoms with Crippen LogP contribution in [0.15, 0.2) is 84.0 Å². The number of ether oxygens (including phenoxy) is 1. The van der Waals surface area contributed by atoms with E-state index in [1.54, 1.807) is 23.6 Å². The summed E-state index contributed by atoms with van der Waals surface area (Å²) in [6.07, 6.45) is -5.13. The van der Waals surface area contributed by atoms with Crippen LogP contribution in [0.1, 0.15) is 24.4 Å². The molecule has 0 aliphatic rings. The van der Waals surface area contributed by atoms with Crippen molar-refractivity contribution in [1.29, 1.82) is 0 Å². The van der Waals surface area contributed by atoms with E-state index in [9.17, 15) is 22.4 Å². The molecule has 6 nitrogen and oxygen atoms in total. The van der Waals surface area contributed by atoms with Gasteiger partial charge in [-0.05, 0) is 55.5 Å². The van der Waals surface area contributed by atoms with Gasteiger partial charge in [0.05, 0.1) is 11.3 Å². The lowest BCUT2D eigenvalue weighted by Crippen LogP contribution is -2.15. The number of thioether (sulfide) groups is 1. The first-order chi connectivity index (χ1) is 17.2. The fourth-order valence-electron chi connectivity index (χ4n) is 3.31. The van der Waals surface area contributed by atoms with Crippen molar-refractivity contribution in [3.05, 3.63) is 96.1 Å². The topological polar surface area (TPSA) is 69.0 Å². The molecule has 0 saturated carbocycles. The quantitative estimate of drug-likeness (QED) is 0.220. The lowest BCUT2D eigenvalue weighted by molar-refractivity contribution is -0.137. The number of halogens is 4. The van der Waals surface area contributed by atoms with Gasteiger partial charge >= 0.3 is 6.18 Å². The van der Waals surface area contributed by atoms with E-state index in [4.69, 9.17) is 4.74 Å². The van der Waals surface area contributed by atoms with Crippen molar-refractivity contribution in [1.82, 2.24) is 14.8 Å². The molecule has 36 heavy (non-hydrogen) atoms. The number of hydrogen-bond acceptors (Lipinski definition) is 5. The van der Waals surface area contributed by atoms with Crippen LogP contribution in [0.4, 0.5) is 23.2 Å². The second kappa shape index (κ2) is 10.8. The monoisotopic (exact) mass is 516 g/mol. The second-order valence-corrected chi connectivity index (χ2v) is 8.56. The van der Waals surface area contributed by atoms with Crippen LogP contribution in [0.25, 0.3) is 5.69 Å². The van der Waals surface area contributed by atoms with Crippen LogP contribution >= 0.6 is 11.8 Å². The van der Waals surface area contributed by atoms with Gasteiger partial charge in [0.25, 0.3) is 0 Å². The van der Waals surface area contributed by atoms with Crippen LogP contribution < -0.4 is 10.1 Å². The third-order valence-electron chi connectivity index (χ3n) is 5.01. The van der Waals surface area contributed by atoms with Gasteiger partial charge in [-0.3, -0.25) is 9.36 Å². The predicted octanol–water partition coefficient (Wildman–Crippen LogP) is 6.30. The summed E-state index contributed by atoms with van der Waals surface area (Å²) in [7, 11) is 0. The Labute approximate surface area is 208 Å². The van der Waals surface area contributed by atoms with Gasteiger partial charge < -0.3 is 10.1 Å². The summed E-state index contributed by atoms with van der Waals surface area (Å²) in [6, 6.07) is 19.4. The number of carbonyl (C=O) groups excluding carboxylic acids is 1. The molecule has 1 aromatic heterocycles. The Hall–Kier alpha value is -3.86. The van der Waals surface area contributed by atoms with Gasteiger partial charge in [-0.15, -0.1) is 10.2 Å². The van der Waals surface area contributed by atoms with Gasteiger partial charge in [0.15, 0.2) is 28.7 Å². The zero-order valence-corrected chi connectivity index (χ0v) is 19.7. The smallest absolute Gasteiger partial charge is 0.416 e. The molecule has 1 unspecified atom stereocenters. The number of aromatic nitrogens is 3. The highest BCUT2D eigenvalue weighted by atomic mass is 32.2. The molecule has 1 N–H and O–H groups in total. The number of rotatable bonds is 8. The van der Waals surface area contributed by atoms with Crippen molar-refractivity contribution in [2.24, 2.45) is 0 Å². The molecular weight excluding hydrogens is 496 g/mol. The van der Waals surface area contributed by atoms with Crippen molar-refractivity contribution in [2.45, 2.75) is 24.4 Å². The molecule has 0 saturated heterocycles. The summed E-state index contributed by atoms with van der Waals surface area (Å²) < 4.78 is 59.8. The van der Waals surface area contributed by atoms with Crippen LogP contribution in [0.3, 0.4) is 0 Å². The zero-order chi connectivity index (χ0) is 25.7. The highest BCUT2D eigenvalue weighted by Crippen LogP contribution is 2.31. The average Bonchev–Trinajstić information content (AvgIpc) is 3.29. The average molecular weight is 517 g/mol. The molecule has 0 aliphatic heterocycles. The summed E-state index contributed by atoms with van der Waals surface area (Å²) >= 11 is 1.09. The van der Waals surface area contributed by atoms with Crippen molar-refractivity contribution < 1.29 is 27.1 Å². The molecule has 4 rings (SSSR count). The molecule has 0 aliphatic carbocycles. The van der Waals surface area contributed by atoms with Crippen molar-refractivity contribution in [3.8, 4) is 11.4 Å². The Kier molecular flexibility index (Phi) is 7.58. The van der Waals surface area contributed by atoms with Crippen LogP contribution in [0, 0.1) is 5.82 Å². The van der Waals surface area contributed by atoms with E-state index in [2.05, 4.69) is 15.5 Å². The van der Waals surface area contributed by atoms with E-state index < -0.39 is 29.6 Å². The molecule has 0 fully saturated rings. The normalized spacial score (nSPS) is 12.2. The summed E-state index contributed by atoms with van der Waals surface area (Å²) in [5, 5.41) is 11.4. The summed E-state index contributed by atoms with van der Waals surface area (Å²) in [4.78, 5) is 12.5. The molecule has 11 heteroatoms. The standard InChI is InChI=1S/C25H20F4N4O2S/c1-16(35-21-10-6-5-9-20(21)26)23-31-32-24(33(23)19-7-3-2-4-8-19)36-15-22(34)30-18-13-11-17(12-14-18)25(27,28)29/h2-14,16H,15H2,1H3,(H,30,34). The Morgan fingerprint density at radius 3 is 2.33 bits per heavy atom. The first-order valence-corrected chi connectivity index (χ1v) is 11.7. The van der Waals surface area contributed by atoms with Gasteiger partial charge in [0, 0.05) is 11.4 Å². The van der Waals surface area contributed by atoms with Crippen LogP contribution in [0.5, 0.6) is 5.75 Å². The molecule has 4 aromatic rings. The van der Waals surface area contributed by atoms with Gasteiger partial charge in [0.2, 0.25) is 5.91 Å². The van der Waals surface area contributed by atoms with Crippen molar-refractivity contribution in [2.75, 3.05) is 11.1 Å². The highest BCUT2D eigenvalue weighted by molar-refractivity contribution is 7.99. The summed E-state index contributed by atoms with van der Waals surface area (Å²) in [5.41, 5.74) is 0.156. The molecule has 186 valence electrons. The maximum Gasteiger partial charge on any atom is 0.416 e. The zero-order valence-electron chi connectivity index (χ0n) is 18.9. The molecule has 1 atom stereocenters. The first kappa shape index (κ1) is 25.2. The first-order valence-electron chi connectivity index (χ1n) is 10.7. The number of carbonyl (C=O) groups is 1. The molecule has 0 spiro atoms. The minimum atomic E-state index is -4.45. The summed E-state index contributed by atoms with van der Waals surface area (Å²) in [5.74, 6) is -0.550. The maximum atomic E-state index is 14.1. The number of para-hydroxylation sites is 2. The minimum Gasteiger partial charge on any atom is -0.480 e. The van der Waals surface area contributed by atoms with Crippen molar-refractivity contribution in [3.63, 3.8) is 0 Å². The second-order valence-electron chi connectivity index (χ2n) is 7.61. The Bertz CT molecular complexity index is 1330. The third kappa shape index (κ3) is 6.03. The fourth-order valence-corrected chi connectivity index (χ4v) is 4.07. The number of hydrogen-bond donors (Lipinski definition) is 1. The number of amides is 1. The highest BCUT2D eigenvalue weighted by Gasteiger charge is 2.30. The largest absolute Gasteiger partial charge is 0.480 e. The van der Waals surface area contributed by atoms with E-state index in [1.807, 2.05) is 30.3 Å². The molecule has 0 radical (unpaired) electrons. The van der Waals surface area contributed by atoms with E-state index >= 15 is 0 Å². The molecule has 3 aromatic carbocycles. The molecule has 1 amide bonds. The molecular formula is C25H20F4N4O2S. The minimum absolute atomic E-state index is 0.0673. The van der Waals surface area contributed by atoms with Crippen LogP contribution in [-0.2, 0) is 11.0 Å². The number of alkyl halides is 3. The maximum absolute atomic E-state index is 14.1. The molecule has 1 heterocycles. The lowest BCUT2D eigenvalue weighted by atomic mass is 10.2. The van der Waals surface area contributed by atoms with Gasteiger partial charge in [0.1, 0.15) is 0 Å².